The molecule has 0 bridgehead atoms. The lowest BCUT2D eigenvalue weighted by Crippen LogP contribution is -2.46. The van der Waals surface area contributed by atoms with Crippen LogP contribution in [-0.2, 0) is 0 Å². The molecule has 1 aliphatic heterocycles. The van der Waals surface area contributed by atoms with E-state index < -0.39 is 0 Å². The van der Waals surface area contributed by atoms with Gasteiger partial charge in [-0.1, -0.05) is 70.9 Å². The molecule has 176 valence electrons. The van der Waals surface area contributed by atoms with Gasteiger partial charge in [0.2, 0.25) is 5.82 Å². The van der Waals surface area contributed by atoms with Crippen LogP contribution in [-0.4, -0.2) is 15.3 Å². The van der Waals surface area contributed by atoms with E-state index in [0.29, 0.717) is 16.8 Å². The number of aromatic nitrogens is 2. The van der Waals surface area contributed by atoms with Gasteiger partial charge >= 0.3 is 0 Å². The van der Waals surface area contributed by atoms with Gasteiger partial charge in [-0.15, -0.1) is 0 Å². The summed E-state index contributed by atoms with van der Waals surface area (Å²) in [6, 6.07) is 22.8. The summed E-state index contributed by atoms with van der Waals surface area (Å²) in [4.78, 5) is 6.88. The van der Waals surface area contributed by atoms with Crippen LogP contribution in [0.4, 0.5) is 5.69 Å². The average Bonchev–Trinajstić information content (AvgIpc) is 3.29. The maximum Gasteiger partial charge on any atom is 0.258 e. The lowest BCUT2D eigenvalue weighted by Gasteiger charge is -2.37. The highest BCUT2D eigenvalue weighted by atomic mass is 32.1. The van der Waals surface area contributed by atoms with Crippen LogP contribution in [0, 0.1) is 27.7 Å². The minimum absolute atomic E-state index is 0.212. The van der Waals surface area contributed by atoms with Crippen LogP contribution in [0.5, 0.6) is 0 Å². The van der Waals surface area contributed by atoms with E-state index in [-0.39, 0.29) is 6.04 Å². The van der Waals surface area contributed by atoms with E-state index in [4.69, 9.17) is 21.7 Å². The molecule has 1 unspecified atom stereocenters. The zero-order valence-electron chi connectivity index (χ0n) is 20.6. The van der Waals surface area contributed by atoms with Crippen molar-refractivity contribution in [3.05, 3.63) is 106 Å². The number of allylic oxidation sites excluding steroid dienone is 1. The Morgan fingerprint density at radius 3 is 2.03 bits per heavy atom. The van der Waals surface area contributed by atoms with Crippen molar-refractivity contribution in [2.24, 2.45) is 0 Å². The van der Waals surface area contributed by atoms with Crippen LogP contribution in [0.1, 0.15) is 46.7 Å². The van der Waals surface area contributed by atoms with Gasteiger partial charge in [-0.05, 0) is 75.7 Å². The Kier molecular flexibility index (Phi) is 5.99. The van der Waals surface area contributed by atoms with Gasteiger partial charge in [0.25, 0.3) is 5.89 Å². The molecule has 5 nitrogen and oxygen atoms in total. The molecule has 3 aromatic carbocycles. The van der Waals surface area contributed by atoms with Crippen LogP contribution in [0.15, 0.2) is 77.0 Å². The van der Waals surface area contributed by atoms with E-state index in [9.17, 15) is 0 Å². The Morgan fingerprint density at radius 2 is 1.40 bits per heavy atom. The van der Waals surface area contributed by atoms with Crippen LogP contribution in [0.2, 0.25) is 0 Å². The minimum atomic E-state index is -0.212. The SMILES string of the molecule is CC1=C(c2nc(-c3ccc(C)cc3)no2)C(c2ccc(C)cc2)NC(=S)N1c1cc(C)cc(C)c1. The Hall–Kier alpha value is -3.77. The number of hydrogen-bond acceptors (Lipinski definition) is 4. The van der Waals surface area contributed by atoms with Gasteiger partial charge < -0.3 is 9.84 Å². The van der Waals surface area contributed by atoms with Crippen molar-refractivity contribution >= 4 is 28.6 Å². The zero-order chi connectivity index (χ0) is 24.7. The fourth-order valence-electron chi connectivity index (χ4n) is 4.57. The van der Waals surface area contributed by atoms with Gasteiger partial charge in [-0.25, -0.2) is 0 Å². The normalized spacial score (nSPS) is 16.0. The van der Waals surface area contributed by atoms with Crippen LogP contribution in [0.3, 0.4) is 0 Å². The third-order valence-corrected chi connectivity index (χ3v) is 6.63. The molecular weight excluding hydrogens is 452 g/mol. The Bertz CT molecular complexity index is 1410. The van der Waals surface area contributed by atoms with Gasteiger partial charge in [0, 0.05) is 16.9 Å². The van der Waals surface area contributed by atoms with Gasteiger partial charge in [-0.3, -0.25) is 4.90 Å². The summed E-state index contributed by atoms with van der Waals surface area (Å²) in [5.74, 6) is 1.04. The van der Waals surface area contributed by atoms with E-state index in [2.05, 4.69) is 92.5 Å². The number of aryl methyl sites for hydroxylation is 4. The second-order valence-corrected chi connectivity index (χ2v) is 9.65. The highest BCUT2D eigenvalue weighted by molar-refractivity contribution is 7.80. The number of anilines is 1. The molecule has 0 amide bonds. The van der Waals surface area contributed by atoms with Crippen molar-refractivity contribution in [3.8, 4) is 11.4 Å². The fraction of sp³-hybridized carbons (Fsp3) is 0.207. The molecule has 5 rings (SSSR count). The van der Waals surface area contributed by atoms with Crippen LogP contribution >= 0.6 is 12.2 Å². The third kappa shape index (κ3) is 4.49. The van der Waals surface area contributed by atoms with Gasteiger partial charge in [0.1, 0.15) is 0 Å². The van der Waals surface area contributed by atoms with E-state index in [1.807, 2.05) is 24.3 Å². The van der Waals surface area contributed by atoms with E-state index in [1.165, 1.54) is 22.3 Å². The summed E-state index contributed by atoms with van der Waals surface area (Å²) in [5.41, 5.74) is 9.62. The highest BCUT2D eigenvalue weighted by Gasteiger charge is 2.34. The van der Waals surface area contributed by atoms with Gasteiger partial charge in [0.05, 0.1) is 11.6 Å². The predicted molar refractivity (Wildman–Crippen MR) is 145 cm³/mol. The first kappa shape index (κ1) is 23.0. The quantitative estimate of drug-likeness (QED) is 0.323. The molecule has 0 saturated heterocycles. The number of thiocarbonyl (C=S) groups is 1. The number of rotatable bonds is 4. The minimum Gasteiger partial charge on any atom is -0.351 e. The second-order valence-electron chi connectivity index (χ2n) is 9.26. The number of nitrogens with zero attached hydrogens (tertiary/aromatic N) is 3. The second kappa shape index (κ2) is 9.12. The van der Waals surface area contributed by atoms with Crippen LogP contribution in [0.25, 0.3) is 17.0 Å². The van der Waals surface area contributed by atoms with E-state index >= 15 is 0 Å². The zero-order valence-corrected chi connectivity index (χ0v) is 21.4. The van der Waals surface area contributed by atoms with Crippen molar-refractivity contribution in [1.29, 1.82) is 0 Å². The molecule has 0 spiro atoms. The van der Waals surface area contributed by atoms with Gasteiger partial charge in [0.15, 0.2) is 5.11 Å². The molecule has 1 N–H and O–H groups in total. The molecule has 0 saturated carbocycles. The summed E-state index contributed by atoms with van der Waals surface area (Å²) in [6.45, 7) is 10.4. The summed E-state index contributed by atoms with van der Waals surface area (Å²) in [6.07, 6.45) is 0. The largest absolute Gasteiger partial charge is 0.351 e. The molecule has 1 aromatic heterocycles. The van der Waals surface area contributed by atoms with Crippen molar-refractivity contribution in [3.63, 3.8) is 0 Å². The molecular formula is C29H28N4OS. The summed E-state index contributed by atoms with van der Waals surface area (Å²) in [5, 5.41) is 8.50. The fourth-order valence-corrected chi connectivity index (χ4v) is 4.93. The molecule has 0 fully saturated rings. The smallest absolute Gasteiger partial charge is 0.258 e. The average molecular weight is 481 g/mol. The Morgan fingerprint density at radius 1 is 0.800 bits per heavy atom. The van der Waals surface area contributed by atoms with Crippen molar-refractivity contribution in [1.82, 2.24) is 15.5 Å². The third-order valence-electron chi connectivity index (χ3n) is 6.33. The lowest BCUT2D eigenvalue weighted by atomic mass is 9.94. The van der Waals surface area contributed by atoms with Crippen molar-refractivity contribution in [2.45, 2.75) is 40.7 Å². The number of nitrogens with one attached hydrogen (secondary N) is 1. The molecule has 4 aromatic rings. The van der Waals surface area contributed by atoms with Crippen molar-refractivity contribution in [2.75, 3.05) is 4.90 Å². The molecule has 0 aliphatic carbocycles. The van der Waals surface area contributed by atoms with Crippen molar-refractivity contribution < 1.29 is 4.52 Å². The number of benzene rings is 3. The van der Waals surface area contributed by atoms with E-state index in [0.717, 1.165) is 28.1 Å². The molecule has 1 aliphatic rings. The summed E-state index contributed by atoms with van der Waals surface area (Å²) in [7, 11) is 0. The first-order chi connectivity index (χ1) is 16.8. The Labute approximate surface area is 211 Å². The summed E-state index contributed by atoms with van der Waals surface area (Å²) < 4.78 is 5.87. The standard InChI is InChI=1S/C29H28N4OS/c1-17-6-10-22(11-7-17)26-25(28-31-27(32-34-28)23-12-8-18(2)9-13-23)21(5)33(29(35)30-26)24-15-19(3)14-20(4)16-24/h6-16,26H,1-5H3,(H,30,35). The first-order valence-corrected chi connectivity index (χ1v) is 12.1. The first-order valence-electron chi connectivity index (χ1n) is 11.7. The van der Waals surface area contributed by atoms with Gasteiger partial charge in [-0.2, -0.15) is 4.98 Å². The highest BCUT2D eigenvalue weighted by Crippen LogP contribution is 2.39. The maximum absolute atomic E-state index is 5.89. The Balaban J connectivity index is 1.66. The lowest BCUT2D eigenvalue weighted by molar-refractivity contribution is 0.404. The van der Waals surface area contributed by atoms with E-state index in [1.54, 1.807) is 0 Å². The molecule has 0 radical (unpaired) electrons. The maximum atomic E-state index is 5.89. The monoisotopic (exact) mass is 480 g/mol. The van der Waals surface area contributed by atoms with Crippen LogP contribution < -0.4 is 10.2 Å². The molecule has 1 atom stereocenters. The molecule has 35 heavy (non-hydrogen) atoms. The predicted octanol–water partition coefficient (Wildman–Crippen LogP) is 6.84. The summed E-state index contributed by atoms with van der Waals surface area (Å²) >= 11 is 5.89. The number of hydrogen-bond donors (Lipinski definition) is 1. The molecule has 6 heteroatoms. The topological polar surface area (TPSA) is 54.2 Å². The molecule has 2 heterocycles.